The number of pyridine rings is 1. The summed E-state index contributed by atoms with van der Waals surface area (Å²) < 4.78 is 0. The molecule has 0 aliphatic carbocycles. The third-order valence-electron chi connectivity index (χ3n) is 4.54. The number of carbonyl (C=O) groups excluding carboxylic acids is 1. The van der Waals surface area contributed by atoms with Crippen molar-refractivity contribution < 1.29 is 4.79 Å². The summed E-state index contributed by atoms with van der Waals surface area (Å²) in [7, 11) is 0. The highest BCUT2D eigenvalue weighted by molar-refractivity contribution is 5.82. The summed E-state index contributed by atoms with van der Waals surface area (Å²) in [4.78, 5) is 17.0. The number of rotatable bonds is 1. The maximum absolute atomic E-state index is 12.9. The summed E-state index contributed by atoms with van der Waals surface area (Å²) in [5.74, 6) is 0.185. The molecule has 5 heteroatoms. The summed E-state index contributed by atoms with van der Waals surface area (Å²) in [6, 6.07) is 3.99. The molecule has 2 aliphatic heterocycles. The molecule has 1 amide bonds. The summed E-state index contributed by atoms with van der Waals surface area (Å²) in [6.07, 6.45) is 6.20. The Labute approximate surface area is 125 Å². The van der Waals surface area contributed by atoms with Crippen LogP contribution in [0, 0.1) is 16.7 Å². The number of carbonyl (C=O) groups is 1. The Morgan fingerprint density at radius 1 is 1.38 bits per heavy atom. The fraction of sp³-hybridized carbons (Fsp3) is 0.562. The van der Waals surface area contributed by atoms with Gasteiger partial charge in [-0.15, -0.1) is 0 Å². The van der Waals surface area contributed by atoms with Crippen molar-refractivity contribution in [3.8, 4) is 6.07 Å². The SMILES string of the molecule is CC1(C)CCCN2CCC(c3cncc(C#N)c3)N2C1=O. The van der Waals surface area contributed by atoms with Crippen molar-refractivity contribution >= 4 is 5.91 Å². The topological polar surface area (TPSA) is 60.2 Å². The molecule has 0 spiro atoms. The van der Waals surface area contributed by atoms with Gasteiger partial charge in [0.05, 0.1) is 11.6 Å². The van der Waals surface area contributed by atoms with Gasteiger partial charge in [0, 0.05) is 30.9 Å². The van der Waals surface area contributed by atoms with Crippen molar-refractivity contribution in [2.75, 3.05) is 13.1 Å². The van der Waals surface area contributed by atoms with Gasteiger partial charge >= 0.3 is 0 Å². The number of amides is 1. The van der Waals surface area contributed by atoms with Gasteiger partial charge < -0.3 is 0 Å². The van der Waals surface area contributed by atoms with Crippen LogP contribution >= 0.6 is 0 Å². The zero-order valence-electron chi connectivity index (χ0n) is 12.5. The monoisotopic (exact) mass is 284 g/mol. The molecule has 1 aromatic heterocycles. The lowest BCUT2D eigenvalue weighted by Crippen LogP contribution is -2.46. The van der Waals surface area contributed by atoms with Crippen LogP contribution in [0.1, 0.15) is 50.3 Å². The van der Waals surface area contributed by atoms with E-state index in [1.54, 1.807) is 12.4 Å². The molecule has 21 heavy (non-hydrogen) atoms. The van der Waals surface area contributed by atoms with E-state index in [0.717, 1.165) is 37.9 Å². The number of nitrogens with zero attached hydrogens (tertiary/aromatic N) is 4. The normalized spacial score (nSPS) is 25.3. The lowest BCUT2D eigenvalue weighted by atomic mass is 9.86. The van der Waals surface area contributed by atoms with Gasteiger partial charge in [0.15, 0.2) is 0 Å². The molecule has 0 N–H and O–H groups in total. The Balaban J connectivity index is 1.96. The third-order valence-corrected chi connectivity index (χ3v) is 4.54. The lowest BCUT2D eigenvalue weighted by molar-refractivity contribution is -0.154. The molecule has 2 saturated heterocycles. The molecule has 2 aliphatic rings. The van der Waals surface area contributed by atoms with Crippen molar-refractivity contribution in [2.24, 2.45) is 5.41 Å². The first-order valence-corrected chi connectivity index (χ1v) is 7.46. The highest BCUT2D eigenvalue weighted by atomic mass is 16.2. The second-order valence-corrected chi connectivity index (χ2v) is 6.51. The molecule has 1 aromatic rings. The fourth-order valence-electron chi connectivity index (χ4n) is 3.32. The maximum atomic E-state index is 12.9. The molecule has 0 bridgehead atoms. The van der Waals surface area contributed by atoms with Crippen LogP contribution in [0.3, 0.4) is 0 Å². The number of hydrazine groups is 1. The Bertz CT molecular complexity index is 605. The van der Waals surface area contributed by atoms with Crippen LogP contribution < -0.4 is 0 Å². The molecule has 1 unspecified atom stereocenters. The minimum atomic E-state index is -0.322. The number of hydrogen-bond acceptors (Lipinski definition) is 4. The van der Waals surface area contributed by atoms with Crippen LogP contribution in [-0.4, -0.2) is 34.0 Å². The predicted octanol–water partition coefficient (Wildman–Crippen LogP) is 2.26. The van der Waals surface area contributed by atoms with E-state index in [-0.39, 0.29) is 17.4 Å². The third kappa shape index (κ3) is 2.40. The van der Waals surface area contributed by atoms with Crippen LogP contribution in [-0.2, 0) is 4.79 Å². The van der Waals surface area contributed by atoms with Gasteiger partial charge in [0.25, 0.3) is 0 Å². The highest BCUT2D eigenvalue weighted by Crippen LogP contribution is 2.39. The maximum Gasteiger partial charge on any atom is 0.243 e. The molecular formula is C16H20N4O. The van der Waals surface area contributed by atoms with Crippen molar-refractivity contribution in [1.29, 1.82) is 5.26 Å². The van der Waals surface area contributed by atoms with E-state index in [0.29, 0.717) is 5.56 Å². The summed E-state index contributed by atoms with van der Waals surface area (Å²) in [5.41, 5.74) is 1.19. The van der Waals surface area contributed by atoms with Crippen molar-refractivity contribution in [1.82, 2.24) is 15.0 Å². The molecular weight excluding hydrogens is 264 g/mol. The number of hydrogen-bond donors (Lipinski definition) is 0. The van der Waals surface area contributed by atoms with E-state index in [2.05, 4.69) is 16.1 Å². The minimum Gasteiger partial charge on any atom is -0.273 e. The molecule has 0 radical (unpaired) electrons. The van der Waals surface area contributed by atoms with Gasteiger partial charge in [-0.1, -0.05) is 13.8 Å². The Morgan fingerprint density at radius 3 is 2.95 bits per heavy atom. The van der Waals surface area contributed by atoms with Gasteiger partial charge in [-0.3, -0.25) is 14.8 Å². The minimum absolute atomic E-state index is 0.00988. The fourth-order valence-corrected chi connectivity index (χ4v) is 3.32. The van der Waals surface area contributed by atoms with Gasteiger partial charge in [-0.25, -0.2) is 5.01 Å². The Morgan fingerprint density at radius 2 is 2.19 bits per heavy atom. The van der Waals surface area contributed by atoms with Crippen molar-refractivity contribution in [3.05, 3.63) is 29.6 Å². The average Bonchev–Trinajstić information content (AvgIpc) is 2.85. The summed E-state index contributed by atoms with van der Waals surface area (Å²) in [6.45, 7) is 5.87. The standard InChI is InChI=1S/C16H20N4O/c1-16(2)5-3-6-19-7-4-14(20(19)15(16)21)13-8-12(9-17)10-18-11-13/h8,10-11,14H,3-7H2,1-2H3. The van der Waals surface area contributed by atoms with Gasteiger partial charge in [-0.05, 0) is 30.9 Å². The molecule has 5 nitrogen and oxygen atoms in total. The van der Waals surface area contributed by atoms with E-state index in [1.165, 1.54) is 0 Å². The van der Waals surface area contributed by atoms with E-state index in [4.69, 9.17) is 5.26 Å². The molecule has 110 valence electrons. The van der Waals surface area contributed by atoms with E-state index < -0.39 is 0 Å². The van der Waals surface area contributed by atoms with Crippen molar-refractivity contribution in [2.45, 2.75) is 39.2 Å². The first-order chi connectivity index (χ1) is 10.0. The summed E-state index contributed by atoms with van der Waals surface area (Å²) >= 11 is 0. The predicted molar refractivity (Wildman–Crippen MR) is 77.7 cm³/mol. The first kappa shape index (κ1) is 14.0. The van der Waals surface area contributed by atoms with Crippen LogP contribution in [0.4, 0.5) is 0 Å². The average molecular weight is 284 g/mol. The largest absolute Gasteiger partial charge is 0.273 e. The van der Waals surface area contributed by atoms with E-state index in [9.17, 15) is 4.79 Å². The van der Waals surface area contributed by atoms with Gasteiger partial charge in [0.1, 0.15) is 6.07 Å². The second kappa shape index (κ2) is 5.12. The highest BCUT2D eigenvalue weighted by Gasteiger charge is 2.44. The van der Waals surface area contributed by atoms with Crippen LogP contribution in [0.25, 0.3) is 0 Å². The lowest BCUT2D eigenvalue weighted by Gasteiger charge is -2.34. The second-order valence-electron chi connectivity index (χ2n) is 6.51. The Hall–Kier alpha value is -1.93. The molecule has 2 fully saturated rings. The molecule has 3 heterocycles. The molecule has 1 atom stereocenters. The number of fused-ring (bicyclic) bond motifs is 1. The van der Waals surface area contributed by atoms with E-state index >= 15 is 0 Å². The van der Waals surface area contributed by atoms with Gasteiger partial charge in [-0.2, -0.15) is 5.26 Å². The van der Waals surface area contributed by atoms with Gasteiger partial charge in [0.2, 0.25) is 5.91 Å². The first-order valence-electron chi connectivity index (χ1n) is 7.46. The smallest absolute Gasteiger partial charge is 0.243 e. The number of nitriles is 1. The molecule has 0 saturated carbocycles. The zero-order valence-corrected chi connectivity index (χ0v) is 12.5. The summed E-state index contributed by atoms with van der Waals surface area (Å²) in [5, 5.41) is 13.1. The van der Waals surface area contributed by atoms with E-state index in [1.807, 2.05) is 24.9 Å². The zero-order chi connectivity index (χ0) is 15.0. The Kier molecular flexibility index (Phi) is 3.42. The van der Waals surface area contributed by atoms with Crippen LogP contribution in [0.2, 0.25) is 0 Å². The number of aromatic nitrogens is 1. The molecule has 0 aromatic carbocycles. The quantitative estimate of drug-likeness (QED) is 0.793. The van der Waals surface area contributed by atoms with Crippen LogP contribution in [0.5, 0.6) is 0 Å². The molecule has 3 rings (SSSR count). The van der Waals surface area contributed by atoms with Crippen molar-refractivity contribution in [3.63, 3.8) is 0 Å². The van der Waals surface area contributed by atoms with Crippen LogP contribution in [0.15, 0.2) is 18.5 Å².